The number of benzene rings is 1. The van der Waals surface area contributed by atoms with Gasteiger partial charge in [0, 0.05) is 23.5 Å². The number of esters is 1. The second kappa shape index (κ2) is 8.16. The second-order valence-corrected chi connectivity index (χ2v) is 6.97. The summed E-state index contributed by atoms with van der Waals surface area (Å²) in [7, 11) is 0. The molecule has 3 heterocycles. The highest BCUT2D eigenvalue weighted by atomic mass is 35.5. The minimum Gasteiger partial charge on any atom is -0.457 e. The standard InChI is InChI=1S/C20H21N3O4.ClH/c1-12-6-9-23(15-4-7-21-8-5-15)19(25)17(12)18(24)22-14-2-3-16-13(10-14)11-27-20(16)26;/h2-3,6,9-10,15,21H,4-5,7-8,11H2,1H3,(H,22,24);1H. The van der Waals surface area contributed by atoms with Crippen molar-refractivity contribution in [2.75, 3.05) is 18.4 Å². The van der Waals surface area contributed by atoms with Gasteiger partial charge in [0.25, 0.3) is 11.5 Å². The number of piperidine rings is 1. The van der Waals surface area contributed by atoms with Crippen LogP contribution in [-0.4, -0.2) is 29.5 Å². The van der Waals surface area contributed by atoms with E-state index in [0.717, 1.165) is 31.5 Å². The van der Waals surface area contributed by atoms with E-state index in [-0.39, 0.29) is 42.1 Å². The summed E-state index contributed by atoms with van der Waals surface area (Å²) in [5, 5.41) is 6.06. The fourth-order valence-corrected chi connectivity index (χ4v) is 3.69. The number of aryl methyl sites for hydroxylation is 1. The fraction of sp³-hybridized carbons (Fsp3) is 0.350. The molecule has 4 rings (SSSR count). The Morgan fingerprint density at radius 1 is 1.21 bits per heavy atom. The Labute approximate surface area is 168 Å². The molecule has 2 aliphatic rings. The summed E-state index contributed by atoms with van der Waals surface area (Å²) in [6, 6.07) is 6.90. The molecule has 2 aromatic rings. The molecular formula is C20H22ClN3O4. The van der Waals surface area contributed by atoms with E-state index in [1.165, 1.54) is 0 Å². The molecule has 7 nitrogen and oxygen atoms in total. The van der Waals surface area contributed by atoms with Crippen LogP contribution in [0.2, 0.25) is 0 Å². The van der Waals surface area contributed by atoms with Gasteiger partial charge in [-0.15, -0.1) is 12.4 Å². The van der Waals surface area contributed by atoms with Crippen molar-refractivity contribution in [2.45, 2.75) is 32.4 Å². The van der Waals surface area contributed by atoms with E-state index in [2.05, 4.69) is 10.6 Å². The first kappa shape index (κ1) is 20.1. The van der Waals surface area contributed by atoms with Gasteiger partial charge in [-0.3, -0.25) is 9.59 Å². The number of ether oxygens (including phenoxy) is 1. The number of nitrogens with one attached hydrogen (secondary N) is 2. The predicted octanol–water partition coefficient (Wildman–Crippen LogP) is 2.43. The lowest BCUT2D eigenvalue weighted by Crippen LogP contribution is -2.37. The monoisotopic (exact) mass is 403 g/mol. The van der Waals surface area contributed by atoms with Crippen molar-refractivity contribution < 1.29 is 14.3 Å². The molecule has 0 atom stereocenters. The molecule has 2 aliphatic heterocycles. The zero-order valence-corrected chi connectivity index (χ0v) is 16.3. The average Bonchev–Trinajstić information content (AvgIpc) is 3.03. The van der Waals surface area contributed by atoms with Crippen LogP contribution in [0.1, 0.15) is 50.7 Å². The highest BCUT2D eigenvalue weighted by molar-refractivity contribution is 6.05. The SMILES string of the molecule is Cc1ccn(C2CCNCC2)c(=O)c1C(=O)Nc1ccc2c(c1)COC2=O.Cl. The number of hydrogen-bond donors (Lipinski definition) is 2. The molecule has 0 bridgehead atoms. The van der Waals surface area contributed by atoms with Crippen LogP contribution in [0.15, 0.2) is 35.3 Å². The van der Waals surface area contributed by atoms with Crippen LogP contribution in [0.3, 0.4) is 0 Å². The Morgan fingerprint density at radius 2 is 1.96 bits per heavy atom. The first-order valence-electron chi connectivity index (χ1n) is 9.08. The highest BCUT2D eigenvalue weighted by Crippen LogP contribution is 2.24. The molecule has 1 amide bonds. The maximum absolute atomic E-state index is 13.0. The Hall–Kier alpha value is -2.64. The predicted molar refractivity (Wildman–Crippen MR) is 107 cm³/mol. The molecule has 1 aromatic carbocycles. The van der Waals surface area contributed by atoms with Gasteiger partial charge in [-0.05, 0) is 62.7 Å². The number of amides is 1. The minimum atomic E-state index is -0.439. The summed E-state index contributed by atoms with van der Waals surface area (Å²) < 4.78 is 6.66. The molecule has 0 saturated carbocycles. The maximum atomic E-state index is 13.0. The van der Waals surface area contributed by atoms with Crippen molar-refractivity contribution in [2.24, 2.45) is 0 Å². The van der Waals surface area contributed by atoms with Gasteiger partial charge in [0.15, 0.2) is 0 Å². The number of pyridine rings is 1. The van der Waals surface area contributed by atoms with Crippen LogP contribution in [0.5, 0.6) is 0 Å². The number of carbonyl (C=O) groups excluding carboxylic acids is 2. The zero-order valence-electron chi connectivity index (χ0n) is 15.5. The van der Waals surface area contributed by atoms with Gasteiger partial charge < -0.3 is 19.9 Å². The number of rotatable bonds is 3. The summed E-state index contributed by atoms with van der Waals surface area (Å²) in [5.74, 6) is -0.794. The molecule has 1 saturated heterocycles. The molecule has 28 heavy (non-hydrogen) atoms. The number of aromatic nitrogens is 1. The molecule has 148 valence electrons. The summed E-state index contributed by atoms with van der Waals surface area (Å²) >= 11 is 0. The van der Waals surface area contributed by atoms with Gasteiger partial charge in [0.1, 0.15) is 12.2 Å². The molecule has 0 unspecified atom stereocenters. The van der Waals surface area contributed by atoms with E-state index >= 15 is 0 Å². The van der Waals surface area contributed by atoms with E-state index in [1.54, 1.807) is 35.9 Å². The lowest BCUT2D eigenvalue weighted by Gasteiger charge is -2.25. The summed E-state index contributed by atoms with van der Waals surface area (Å²) in [4.78, 5) is 37.3. The molecular weight excluding hydrogens is 382 g/mol. The van der Waals surface area contributed by atoms with Gasteiger partial charge in [0.05, 0.1) is 5.56 Å². The van der Waals surface area contributed by atoms with Crippen molar-refractivity contribution in [3.05, 3.63) is 63.1 Å². The third-order valence-electron chi connectivity index (χ3n) is 5.20. The van der Waals surface area contributed by atoms with Gasteiger partial charge in [-0.2, -0.15) is 0 Å². The Kier molecular flexibility index (Phi) is 5.86. The van der Waals surface area contributed by atoms with E-state index in [9.17, 15) is 14.4 Å². The van der Waals surface area contributed by atoms with Crippen LogP contribution in [0.25, 0.3) is 0 Å². The molecule has 1 aromatic heterocycles. The fourth-order valence-electron chi connectivity index (χ4n) is 3.69. The Bertz CT molecular complexity index is 980. The van der Waals surface area contributed by atoms with Crippen molar-refractivity contribution in [1.82, 2.24) is 9.88 Å². The Balaban J connectivity index is 0.00000225. The van der Waals surface area contributed by atoms with Crippen molar-refractivity contribution in [3.63, 3.8) is 0 Å². The van der Waals surface area contributed by atoms with Gasteiger partial charge >= 0.3 is 5.97 Å². The maximum Gasteiger partial charge on any atom is 0.338 e. The summed E-state index contributed by atoms with van der Waals surface area (Å²) in [6.45, 7) is 3.69. The number of anilines is 1. The summed E-state index contributed by atoms with van der Waals surface area (Å²) in [5.41, 5.74) is 2.31. The first-order chi connectivity index (χ1) is 13.0. The van der Waals surface area contributed by atoms with Crippen LogP contribution in [0, 0.1) is 6.92 Å². The molecule has 8 heteroatoms. The van der Waals surface area contributed by atoms with Crippen molar-refractivity contribution in [1.29, 1.82) is 0 Å². The number of fused-ring (bicyclic) bond motifs is 1. The first-order valence-corrected chi connectivity index (χ1v) is 9.08. The largest absolute Gasteiger partial charge is 0.457 e. The average molecular weight is 404 g/mol. The molecule has 0 radical (unpaired) electrons. The van der Waals surface area contributed by atoms with E-state index in [4.69, 9.17) is 4.74 Å². The van der Waals surface area contributed by atoms with Crippen LogP contribution < -0.4 is 16.2 Å². The van der Waals surface area contributed by atoms with Gasteiger partial charge in [-0.25, -0.2) is 4.79 Å². The quantitative estimate of drug-likeness (QED) is 0.768. The van der Waals surface area contributed by atoms with Gasteiger partial charge in [-0.1, -0.05) is 0 Å². The van der Waals surface area contributed by atoms with E-state index < -0.39 is 5.91 Å². The second-order valence-electron chi connectivity index (χ2n) is 6.97. The number of carbonyl (C=O) groups is 2. The topological polar surface area (TPSA) is 89.4 Å². The third-order valence-corrected chi connectivity index (χ3v) is 5.20. The molecule has 2 N–H and O–H groups in total. The smallest absolute Gasteiger partial charge is 0.338 e. The number of hydrogen-bond acceptors (Lipinski definition) is 5. The summed E-state index contributed by atoms with van der Waals surface area (Å²) in [6.07, 6.45) is 3.51. The van der Waals surface area contributed by atoms with Crippen LogP contribution in [-0.2, 0) is 11.3 Å². The Morgan fingerprint density at radius 3 is 2.71 bits per heavy atom. The number of halogens is 1. The minimum absolute atomic E-state index is 0. The normalized spacial score (nSPS) is 16.1. The van der Waals surface area contributed by atoms with E-state index in [1.807, 2.05) is 6.07 Å². The highest BCUT2D eigenvalue weighted by Gasteiger charge is 2.23. The lowest BCUT2D eigenvalue weighted by molar-refractivity contribution is 0.0535. The zero-order chi connectivity index (χ0) is 19.0. The van der Waals surface area contributed by atoms with Gasteiger partial charge in [0.2, 0.25) is 0 Å². The molecule has 0 aliphatic carbocycles. The molecule has 0 spiro atoms. The van der Waals surface area contributed by atoms with E-state index in [0.29, 0.717) is 16.8 Å². The van der Waals surface area contributed by atoms with Crippen LogP contribution in [0.4, 0.5) is 5.69 Å². The van der Waals surface area contributed by atoms with Crippen molar-refractivity contribution >= 4 is 30.0 Å². The third kappa shape index (κ3) is 3.68. The van der Waals surface area contributed by atoms with Crippen LogP contribution >= 0.6 is 12.4 Å². The lowest BCUT2D eigenvalue weighted by atomic mass is 10.0. The van der Waals surface area contributed by atoms with Crippen molar-refractivity contribution in [3.8, 4) is 0 Å². The number of cyclic esters (lactones) is 1. The number of nitrogens with zero attached hydrogens (tertiary/aromatic N) is 1. The molecule has 1 fully saturated rings.